The van der Waals surface area contributed by atoms with Crippen LogP contribution in [0.2, 0.25) is 0 Å². The Morgan fingerprint density at radius 2 is 1.96 bits per heavy atom. The van der Waals surface area contributed by atoms with Gasteiger partial charge in [-0.15, -0.1) is 0 Å². The van der Waals surface area contributed by atoms with Crippen LogP contribution < -0.4 is 10.5 Å². The number of benzene rings is 1. The van der Waals surface area contributed by atoms with Gasteiger partial charge in [-0.05, 0) is 43.0 Å². The summed E-state index contributed by atoms with van der Waals surface area (Å²) in [5, 5.41) is 0.955. The summed E-state index contributed by atoms with van der Waals surface area (Å²) < 4.78 is 20.1. The molecule has 1 unspecified atom stereocenters. The van der Waals surface area contributed by atoms with E-state index in [1.807, 2.05) is 37.3 Å². The molecule has 4 nitrogen and oxygen atoms in total. The van der Waals surface area contributed by atoms with Gasteiger partial charge in [0.15, 0.2) is 5.82 Å². The van der Waals surface area contributed by atoms with Gasteiger partial charge >= 0.3 is 0 Å². The Hall–Kier alpha value is -2.53. The fourth-order valence-corrected chi connectivity index (χ4v) is 3.25. The van der Waals surface area contributed by atoms with E-state index in [1.54, 1.807) is 12.4 Å². The first-order chi connectivity index (χ1) is 12.4. The first-order valence-electron chi connectivity index (χ1n) is 8.77. The van der Waals surface area contributed by atoms with Gasteiger partial charge in [0, 0.05) is 28.9 Å². The number of halogens is 1. The van der Waals surface area contributed by atoms with Crippen LogP contribution in [0.25, 0.3) is 22.0 Å². The third kappa shape index (κ3) is 4.17. The molecule has 2 heterocycles. The van der Waals surface area contributed by atoms with Crippen molar-refractivity contribution in [1.29, 1.82) is 0 Å². The summed E-state index contributed by atoms with van der Waals surface area (Å²) in [7, 11) is 0. The molecule has 0 saturated carbocycles. The maximum absolute atomic E-state index is 14.5. The van der Waals surface area contributed by atoms with Gasteiger partial charge in [0.2, 0.25) is 5.88 Å². The summed E-state index contributed by atoms with van der Waals surface area (Å²) in [4.78, 5) is 8.51. The second kappa shape index (κ2) is 7.38. The van der Waals surface area contributed by atoms with Gasteiger partial charge in [-0.25, -0.2) is 9.37 Å². The molecule has 136 valence electrons. The summed E-state index contributed by atoms with van der Waals surface area (Å²) in [6.07, 6.45) is 4.12. The highest BCUT2D eigenvalue weighted by atomic mass is 19.1. The third-order valence-electron chi connectivity index (χ3n) is 4.18. The average Bonchev–Trinajstić information content (AvgIpc) is 2.59. The number of nitrogens with zero attached hydrogens (tertiary/aromatic N) is 2. The number of ether oxygens (including phenoxy) is 1. The summed E-state index contributed by atoms with van der Waals surface area (Å²) in [5.74, 6) is -0.0787. The van der Waals surface area contributed by atoms with E-state index in [4.69, 9.17) is 10.5 Å². The van der Waals surface area contributed by atoms with Crippen LogP contribution in [0.4, 0.5) is 4.39 Å². The van der Waals surface area contributed by atoms with Crippen molar-refractivity contribution in [2.24, 2.45) is 11.7 Å². The topological polar surface area (TPSA) is 61.0 Å². The minimum atomic E-state index is -0.526. The molecule has 2 N–H and O–H groups in total. The van der Waals surface area contributed by atoms with Crippen molar-refractivity contribution in [1.82, 2.24) is 9.97 Å². The lowest BCUT2D eigenvalue weighted by molar-refractivity contribution is 0.193. The van der Waals surface area contributed by atoms with E-state index in [0.717, 1.165) is 22.9 Å². The van der Waals surface area contributed by atoms with Gasteiger partial charge in [0.1, 0.15) is 6.61 Å². The lowest BCUT2D eigenvalue weighted by Crippen LogP contribution is -2.43. The lowest BCUT2D eigenvalue weighted by atomic mass is 9.93. The average molecular weight is 353 g/mol. The predicted molar refractivity (Wildman–Crippen MR) is 102 cm³/mol. The number of fused-ring (bicyclic) bond motifs is 1. The maximum atomic E-state index is 14.5. The van der Waals surface area contributed by atoms with Crippen LogP contribution in [-0.2, 0) is 0 Å². The maximum Gasteiger partial charge on any atom is 0.250 e. The van der Waals surface area contributed by atoms with Gasteiger partial charge in [-0.3, -0.25) is 4.98 Å². The Morgan fingerprint density at radius 1 is 1.19 bits per heavy atom. The van der Waals surface area contributed by atoms with Crippen molar-refractivity contribution >= 4 is 10.9 Å². The first kappa shape index (κ1) is 18.3. The first-order valence-corrected chi connectivity index (χ1v) is 8.77. The molecule has 0 radical (unpaired) electrons. The molecule has 0 spiro atoms. The summed E-state index contributed by atoms with van der Waals surface area (Å²) in [6.45, 7) is 6.31. The van der Waals surface area contributed by atoms with E-state index < -0.39 is 11.4 Å². The minimum Gasteiger partial charge on any atom is -0.474 e. The molecule has 2 aromatic heterocycles. The zero-order chi connectivity index (χ0) is 18.7. The summed E-state index contributed by atoms with van der Waals surface area (Å²) in [5.41, 5.74) is 8.12. The Morgan fingerprint density at radius 3 is 2.69 bits per heavy atom. The quantitative estimate of drug-likeness (QED) is 0.705. The van der Waals surface area contributed by atoms with E-state index in [1.165, 1.54) is 6.07 Å². The molecule has 3 rings (SSSR count). The van der Waals surface area contributed by atoms with Crippen molar-refractivity contribution in [2.45, 2.75) is 32.7 Å². The lowest BCUT2D eigenvalue weighted by Gasteiger charge is -2.26. The molecular weight excluding hydrogens is 329 g/mol. The van der Waals surface area contributed by atoms with Crippen LogP contribution >= 0.6 is 0 Å². The highest BCUT2D eigenvalue weighted by Gasteiger charge is 2.22. The van der Waals surface area contributed by atoms with E-state index in [9.17, 15) is 4.39 Å². The number of para-hydroxylation sites is 1. The van der Waals surface area contributed by atoms with Gasteiger partial charge in [0.05, 0.1) is 5.52 Å². The SMILES string of the molecule is CC(C)CC(C)(N)COc1ncc(-c2ccnc3ccccc23)cc1F. The molecule has 1 aromatic carbocycles. The molecule has 26 heavy (non-hydrogen) atoms. The van der Waals surface area contributed by atoms with Crippen molar-refractivity contribution in [2.75, 3.05) is 6.61 Å². The number of rotatable bonds is 6. The molecule has 3 aromatic rings. The smallest absolute Gasteiger partial charge is 0.250 e. The van der Waals surface area contributed by atoms with Crippen LogP contribution in [0.15, 0.2) is 48.8 Å². The fourth-order valence-electron chi connectivity index (χ4n) is 3.25. The number of pyridine rings is 2. The zero-order valence-corrected chi connectivity index (χ0v) is 15.4. The molecule has 0 aliphatic carbocycles. The van der Waals surface area contributed by atoms with Crippen molar-refractivity contribution in [3.63, 3.8) is 0 Å². The zero-order valence-electron chi connectivity index (χ0n) is 15.4. The van der Waals surface area contributed by atoms with E-state index in [2.05, 4.69) is 23.8 Å². The number of aromatic nitrogens is 2. The van der Waals surface area contributed by atoms with Gasteiger partial charge in [0.25, 0.3) is 0 Å². The fraction of sp³-hybridized carbons (Fsp3) is 0.333. The molecule has 0 fully saturated rings. The molecule has 5 heteroatoms. The van der Waals surface area contributed by atoms with Crippen molar-refractivity contribution < 1.29 is 9.13 Å². The Kier molecular flexibility index (Phi) is 5.18. The second-order valence-electron chi connectivity index (χ2n) is 7.43. The van der Waals surface area contributed by atoms with Crippen molar-refractivity contribution in [3.8, 4) is 17.0 Å². The van der Waals surface area contributed by atoms with Crippen LogP contribution in [0.3, 0.4) is 0 Å². The predicted octanol–water partition coefficient (Wildman–Crippen LogP) is 4.58. The van der Waals surface area contributed by atoms with Crippen molar-refractivity contribution in [3.05, 3.63) is 54.6 Å². The van der Waals surface area contributed by atoms with E-state index in [0.29, 0.717) is 11.5 Å². The molecule has 0 bridgehead atoms. The summed E-state index contributed by atoms with van der Waals surface area (Å²) in [6, 6.07) is 11.1. The Balaban J connectivity index is 1.84. The van der Waals surface area contributed by atoms with Gasteiger partial charge in [-0.1, -0.05) is 32.0 Å². The molecular formula is C21H24FN3O. The van der Waals surface area contributed by atoms with Crippen LogP contribution in [0, 0.1) is 11.7 Å². The Labute approximate surface area is 153 Å². The van der Waals surface area contributed by atoms with Gasteiger partial charge < -0.3 is 10.5 Å². The standard InChI is InChI=1S/C21H24FN3O/c1-14(2)11-21(3,23)13-26-20-18(22)10-15(12-25-20)16-8-9-24-19-7-5-4-6-17(16)19/h4-10,12,14H,11,13,23H2,1-3H3. The molecule has 1 atom stereocenters. The molecule has 0 amide bonds. The van der Waals surface area contributed by atoms with E-state index >= 15 is 0 Å². The highest BCUT2D eigenvalue weighted by molar-refractivity contribution is 5.94. The molecule has 0 aliphatic rings. The molecule has 0 saturated heterocycles. The highest BCUT2D eigenvalue weighted by Crippen LogP contribution is 2.29. The molecule has 0 aliphatic heterocycles. The van der Waals surface area contributed by atoms with Crippen LogP contribution in [0.5, 0.6) is 5.88 Å². The minimum absolute atomic E-state index is 0.0208. The summed E-state index contributed by atoms with van der Waals surface area (Å²) >= 11 is 0. The van der Waals surface area contributed by atoms with Crippen LogP contribution in [-0.4, -0.2) is 22.1 Å². The number of hydrogen-bond donors (Lipinski definition) is 1. The number of hydrogen-bond acceptors (Lipinski definition) is 4. The largest absolute Gasteiger partial charge is 0.474 e. The Bertz CT molecular complexity index is 903. The third-order valence-corrected chi connectivity index (χ3v) is 4.18. The monoisotopic (exact) mass is 353 g/mol. The second-order valence-corrected chi connectivity index (χ2v) is 7.43. The van der Waals surface area contributed by atoms with E-state index in [-0.39, 0.29) is 12.5 Å². The normalized spacial score (nSPS) is 13.8. The number of nitrogens with two attached hydrogens (primary N) is 1. The van der Waals surface area contributed by atoms with Crippen LogP contribution in [0.1, 0.15) is 27.2 Å². The van der Waals surface area contributed by atoms with Gasteiger partial charge in [-0.2, -0.15) is 0 Å².